The van der Waals surface area contributed by atoms with Gasteiger partial charge in [-0.25, -0.2) is 0 Å². The first kappa shape index (κ1) is 26.8. The zero-order valence-corrected chi connectivity index (χ0v) is 19.0. The molecule has 0 aliphatic rings. The Bertz CT molecular complexity index is 270. The van der Waals surface area contributed by atoms with Crippen LogP contribution in [0.15, 0.2) is 0 Å². The second-order valence-electron chi connectivity index (χ2n) is 7.37. The number of ether oxygens (including phenoxy) is 3. The van der Waals surface area contributed by atoms with Gasteiger partial charge in [-0.05, 0) is 53.1 Å². The third kappa shape index (κ3) is 16.5. The molecule has 0 saturated carbocycles. The van der Waals surface area contributed by atoms with Gasteiger partial charge in [-0.3, -0.25) is 0 Å². The van der Waals surface area contributed by atoms with Gasteiger partial charge in [0.25, 0.3) is 5.97 Å². The maximum atomic E-state index is 5.78. The van der Waals surface area contributed by atoms with Crippen LogP contribution < -0.4 is 5.32 Å². The molecule has 0 aromatic heterocycles. The Balaban J connectivity index is 3.49. The molecule has 1 N–H and O–H groups in total. The van der Waals surface area contributed by atoms with Crippen molar-refractivity contribution in [3.05, 3.63) is 0 Å². The highest BCUT2D eigenvalue weighted by molar-refractivity contribution is 4.59. The third-order valence-electron chi connectivity index (χ3n) is 4.89. The molecule has 4 nitrogen and oxygen atoms in total. The Morgan fingerprint density at radius 1 is 0.519 bits per heavy atom. The lowest BCUT2D eigenvalue weighted by Crippen LogP contribution is -2.39. The highest BCUT2D eigenvalue weighted by Crippen LogP contribution is 2.24. The number of unbranched alkanes of at least 4 members (excludes halogenated alkanes) is 10. The highest BCUT2D eigenvalue weighted by atomic mass is 16.9. The van der Waals surface area contributed by atoms with Crippen LogP contribution in [0.25, 0.3) is 0 Å². The maximum absolute atomic E-state index is 5.78. The summed E-state index contributed by atoms with van der Waals surface area (Å²) in [6.45, 7) is 12.5. The van der Waals surface area contributed by atoms with Gasteiger partial charge in [-0.15, -0.1) is 0 Å². The Kier molecular flexibility index (Phi) is 20.4. The first-order valence-corrected chi connectivity index (χ1v) is 11.9. The monoisotopic (exact) mass is 387 g/mol. The summed E-state index contributed by atoms with van der Waals surface area (Å²) >= 11 is 0. The van der Waals surface area contributed by atoms with Crippen LogP contribution in [-0.4, -0.2) is 38.9 Å². The van der Waals surface area contributed by atoms with Crippen LogP contribution >= 0.6 is 0 Å². The molecule has 0 spiro atoms. The molecule has 0 aliphatic heterocycles. The van der Waals surface area contributed by atoms with Gasteiger partial charge in [0.1, 0.15) is 0 Å². The molecular formula is C23H49NO3. The molecule has 0 aliphatic carbocycles. The predicted molar refractivity (Wildman–Crippen MR) is 116 cm³/mol. The highest BCUT2D eigenvalue weighted by Gasteiger charge is 2.31. The molecule has 0 heterocycles. The fourth-order valence-corrected chi connectivity index (χ4v) is 3.46. The molecule has 0 aromatic carbocycles. The van der Waals surface area contributed by atoms with Gasteiger partial charge < -0.3 is 19.5 Å². The minimum atomic E-state index is -0.818. The predicted octanol–water partition coefficient (Wildman–Crippen LogP) is 6.43. The van der Waals surface area contributed by atoms with E-state index in [9.17, 15) is 0 Å². The summed E-state index contributed by atoms with van der Waals surface area (Å²) in [7, 11) is 0. The summed E-state index contributed by atoms with van der Waals surface area (Å²) in [6, 6.07) is 0. The van der Waals surface area contributed by atoms with Crippen LogP contribution in [0, 0.1) is 0 Å². The normalized spacial score (nSPS) is 12.0. The molecule has 0 unspecified atom stereocenters. The topological polar surface area (TPSA) is 39.7 Å². The van der Waals surface area contributed by atoms with Crippen LogP contribution in [0.4, 0.5) is 0 Å². The van der Waals surface area contributed by atoms with E-state index in [0.29, 0.717) is 19.8 Å². The zero-order valence-electron chi connectivity index (χ0n) is 19.0. The van der Waals surface area contributed by atoms with E-state index < -0.39 is 5.97 Å². The molecule has 0 saturated heterocycles. The van der Waals surface area contributed by atoms with Crippen LogP contribution in [0.3, 0.4) is 0 Å². The molecule has 0 radical (unpaired) electrons. The van der Waals surface area contributed by atoms with Crippen LogP contribution in [0.5, 0.6) is 0 Å². The van der Waals surface area contributed by atoms with E-state index in [1.54, 1.807) is 0 Å². The van der Waals surface area contributed by atoms with Crippen molar-refractivity contribution in [2.24, 2.45) is 0 Å². The molecule has 0 amide bonds. The molecule has 0 rings (SSSR count). The molecule has 0 fully saturated rings. The minimum Gasteiger partial charge on any atom is -0.328 e. The molecule has 27 heavy (non-hydrogen) atoms. The van der Waals surface area contributed by atoms with Gasteiger partial charge in [-0.1, -0.05) is 64.7 Å². The Morgan fingerprint density at radius 2 is 0.926 bits per heavy atom. The van der Waals surface area contributed by atoms with Gasteiger partial charge in [0.2, 0.25) is 0 Å². The largest absolute Gasteiger partial charge is 0.328 e. The maximum Gasteiger partial charge on any atom is 0.282 e. The van der Waals surface area contributed by atoms with Crippen molar-refractivity contribution in [1.29, 1.82) is 0 Å². The van der Waals surface area contributed by atoms with Crippen molar-refractivity contribution in [2.45, 2.75) is 117 Å². The van der Waals surface area contributed by atoms with Gasteiger partial charge >= 0.3 is 0 Å². The SMILES string of the molecule is CCCCCCNCCCCCCCCCCC(OCC)(OCC)OCC. The molecule has 0 atom stereocenters. The number of rotatable bonds is 22. The van der Waals surface area contributed by atoms with E-state index in [0.717, 1.165) is 12.8 Å². The molecule has 4 heteroatoms. The van der Waals surface area contributed by atoms with Crippen molar-refractivity contribution in [2.75, 3.05) is 32.9 Å². The minimum absolute atomic E-state index is 0.619. The van der Waals surface area contributed by atoms with Gasteiger partial charge in [0.05, 0.1) is 0 Å². The number of hydrogen-bond acceptors (Lipinski definition) is 4. The Morgan fingerprint density at radius 3 is 1.37 bits per heavy atom. The second-order valence-corrected chi connectivity index (χ2v) is 7.37. The van der Waals surface area contributed by atoms with Crippen LogP contribution in [0.2, 0.25) is 0 Å². The summed E-state index contributed by atoms with van der Waals surface area (Å²) in [5, 5.41) is 3.57. The van der Waals surface area contributed by atoms with E-state index in [1.807, 2.05) is 20.8 Å². The molecule has 164 valence electrons. The van der Waals surface area contributed by atoms with Crippen molar-refractivity contribution < 1.29 is 14.2 Å². The first-order valence-electron chi connectivity index (χ1n) is 11.9. The Hall–Kier alpha value is -0.160. The van der Waals surface area contributed by atoms with E-state index in [2.05, 4.69) is 12.2 Å². The summed E-state index contributed by atoms with van der Waals surface area (Å²) in [5.41, 5.74) is 0. The van der Waals surface area contributed by atoms with E-state index >= 15 is 0 Å². The van der Waals surface area contributed by atoms with Gasteiger partial charge in [0.15, 0.2) is 0 Å². The fourth-order valence-electron chi connectivity index (χ4n) is 3.46. The summed E-state index contributed by atoms with van der Waals surface area (Å²) < 4.78 is 17.3. The molecular weight excluding hydrogens is 338 g/mol. The van der Waals surface area contributed by atoms with E-state index in [4.69, 9.17) is 14.2 Å². The summed E-state index contributed by atoms with van der Waals surface area (Å²) in [6.07, 6.45) is 16.7. The van der Waals surface area contributed by atoms with Gasteiger partial charge in [-0.2, -0.15) is 0 Å². The van der Waals surface area contributed by atoms with Crippen LogP contribution in [0.1, 0.15) is 111 Å². The lowest BCUT2D eigenvalue weighted by atomic mass is 10.1. The van der Waals surface area contributed by atoms with Crippen molar-refractivity contribution >= 4 is 0 Å². The fraction of sp³-hybridized carbons (Fsp3) is 1.00. The van der Waals surface area contributed by atoms with Gasteiger partial charge in [0, 0.05) is 26.2 Å². The quantitative estimate of drug-likeness (QED) is 0.172. The lowest BCUT2D eigenvalue weighted by molar-refractivity contribution is -0.380. The number of nitrogens with one attached hydrogen (secondary N) is 1. The van der Waals surface area contributed by atoms with Crippen molar-refractivity contribution in [3.63, 3.8) is 0 Å². The average Bonchev–Trinajstić information content (AvgIpc) is 2.65. The van der Waals surface area contributed by atoms with E-state index in [1.165, 1.54) is 83.7 Å². The summed E-state index contributed by atoms with van der Waals surface area (Å²) in [5.74, 6) is -0.818. The smallest absolute Gasteiger partial charge is 0.282 e. The van der Waals surface area contributed by atoms with E-state index in [-0.39, 0.29) is 0 Å². The first-order chi connectivity index (χ1) is 13.2. The second kappa shape index (κ2) is 20.6. The number of hydrogen-bond donors (Lipinski definition) is 1. The zero-order chi connectivity index (χ0) is 20.1. The third-order valence-corrected chi connectivity index (χ3v) is 4.89. The lowest BCUT2D eigenvalue weighted by Gasteiger charge is -2.32. The molecule has 0 bridgehead atoms. The summed E-state index contributed by atoms with van der Waals surface area (Å²) in [4.78, 5) is 0. The average molecular weight is 388 g/mol. The standard InChI is InChI=1S/C23H49NO3/c1-5-9-10-18-21-24-22-19-16-14-12-11-13-15-17-20-23(25-6-2,26-7-3)27-8-4/h24H,5-22H2,1-4H3. The van der Waals surface area contributed by atoms with Crippen LogP contribution in [-0.2, 0) is 14.2 Å². The Labute approximate surface area is 170 Å². The molecule has 0 aromatic rings. The van der Waals surface area contributed by atoms with Crippen molar-refractivity contribution in [3.8, 4) is 0 Å². The van der Waals surface area contributed by atoms with Crippen molar-refractivity contribution in [1.82, 2.24) is 5.32 Å².